The summed E-state index contributed by atoms with van der Waals surface area (Å²) >= 11 is 3.51. The van der Waals surface area contributed by atoms with E-state index < -0.39 is 0 Å². The second-order valence-corrected chi connectivity index (χ2v) is 6.28. The number of nitrogens with one attached hydrogen (secondary N) is 1. The highest BCUT2D eigenvalue weighted by Crippen LogP contribution is 2.27. The second kappa shape index (κ2) is 6.40. The van der Waals surface area contributed by atoms with Gasteiger partial charge in [-0.05, 0) is 43.1 Å². The van der Waals surface area contributed by atoms with Gasteiger partial charge in [0.1, 0.15) is 0 Å². The van der Waals surface area contributed by atoms with E-state index in [2.05, 4.69) is 64.3 Å². The summed E-state index contributed by atoms with van der Waals surface area (Å²) in [5.74, 6) is 0.590. The number of benzene rings is 1. The Hall–Kier alpha value is -1.05. The normalized spacial score (nSPS) is 23.8. The molecule has 1 aliphatic heterocycles. The van der Waals surface area contributed by atoms with Crippen molar-refractivity contribution in [2.45, 2.75) is 26.3 Å². The smallest absolute Gasteiger partial charge is 0.0643 e. The maximum atomic E-state index is 9.04. The SMILES string of the molecule is Cc1cc(Br)ccc1N1CC(C)CNCC1CC#N. The molecule has 1 heterocycles. The van der Waals surface area contributed by atoms with E-state index in [1.807, 2.05) is 0 Å². The fourth-order valence-electron chi connectivity index (χ4n) is 2.68. The van der Waals surface area contributed by atoms with Gasteiger partial charge in [-0.15, -0.1) is 0 Å². The van der Waals surface area contributed by atoms with Gasteiger partial charge >= 0.3 is 0 Å². The van der Waals surface area contributed by atoms with Gasteiger partial charge in [-0.2, -0.15) is 5.26 Å². The third-order valence-electron chi connectivity index (χ3n) is 3.62. The summed E-state index contributed by atoms with van der Waals surface area (Å²) in [5, 5.41) is 12.5. The van der Waals surface area contributed by atoms with Gasteiger partial charge in [-0.3, -0.25) is 0 Å². The van der Waals surface area contributed by atoms with Gasteiger partial charge < -0.3 is 10.2 Å². The van der Waals surface area contributed by atoms with E-state index in [-0.39, 0.29) is 6.04 Å². The van der Waals surface area contributed by atoms with Crippen LogP contribution in [0.3, 0.4) is 0 Å². The van der Waals surface area contributed by atoms with E-state index in [0.29, 0.717) is 12.3 Å². The van der Waals surface area contributed by atoms with Crippen molar-refractivity contribution in [3.05, 3.63) is 28.2 Å². The first-order valence-electron chi connectivity index (χ1n) is 6.72. The molecule has 1 aromatic rings. The number of hydrogen-bond donors (Lipinski definition) is 1. The van der Waals surface area contributed by atoms with Crippen LogP contribution in [0.15, 0.2) is 22.7 Å². The van der Waals surface area contributed by atoms with Gasteiger partial charge in [0.2, 0.25) is 0 Å². The molecule has 4 heteroatoms. The third-order valence-corrected chi connectivity index (χ3v) is 4.11. The van der Waals surface area contributed by atoms with E-state index >= 15 is 0 Å². The number of halogens is 1. The summed E-state index contributed by atoms with van der Waals surface area (Å²) in [7, 11) is 0. The molecule has 0 saturated carbocycles. The largest absolute Gasteiger partial charge is 0.366 e. The average Bonchev–Trinajstić information content (AvgIpc) is 2.52. The Morgan fingerprint density at radius 1 is 1.47 bits per heavy atom. The van der Waals surface area contributed by atoms with Crippen LogP contribution in [-0.4, -0.2) is 25.7 Å². The van der Waals surface area contributed by atoms with Crippen LogP contribution < -0.4 is 10.2 Å². The third kappa shape index (κ3) is 3.49. The summed E-state index contributed by atoms with van der Waals surface area (Å²) in [4.78, 5) is 2.40. The molecule has 1 fully saturated rings. The van der Waals surface area contributed by atoms with E-state index in [1.165, 1.54) is 11.3 Å². The molecule has 102 valence electrons. The van der Waals surface area contributed by atoms with Crippen LogP contribution in [0, 0.1) is 24.2 Å². The molecule has 1 saturated heterocycles. The van der Waals surface area contributed by atoms with Crippen molar-refractivity contribution in [1.82, 2.24) is 5.32 Å². The van der Waals surface area contributed by atoms with Crippen molar-refractivity contribution in [2.75, 3.05) is 24.5 Å². The summed E-state index contributed by atoms with van der Waals surface area (Å²) in [5.41, 5.74) is 2.51. The van der Waals surface area contributed by atoms with Gasteiger partial charge in [-0.25, -0.2) is 0 Å². The molecule has 0 radical (unpaired) electrons. The Labute approximate surface area is 123 Å². The molecule has 1 aromatic carbocycles. The predicted octanol–water partition coefficient (Wildman–Crippen LogP) is 3.09. The molecule has 0 amide bonds. The molecule has 1 aliphatic rings. The zero-order valence-corrected chi connectivity index (χ0v) is 13.1. The lowest BCUT2D eigenvalue weighted by molar-refractivity contribution is 0.563. The van der Waals surface area contributed by atoms with Gasteiger partial charge in [0.25, 0.3) is 0 Å². The van der Waals surface area contributed by atoms with Gasteiger partial charge in [0, 0.05) is 23.2 Å². The van der Waals surface area contributed by atoms with E-state index in [1.54, 1.807) is 0 Å². The minimum atomic E-state index is 0.259. The fraction of sp³-hybridized carbons (Fsp3) is 0.533. The monoisotopic (exact) mass is 321 g/mol. The number of hydrogen-bond acceptors (Lipinski definition) is 3. The molecule has 1 N–H and O–H groups in total. The highest BCUT2D eigenvalue weighted by molar-refractivity contribution is 9.10. The lowest BCUT2D eigenvalue weighted by Gasteiger charge is -2.33. The molecular weight excluding hydrogens is 302 g/mol. The Morgan fingerprint density at radius 2 is 2.26 bits per heavy atom. The van der Waals surface area contributed by atoms with Crippen LogP contribution in [-0.2, 0) is 0 Å². The molecule has 0 bridgehead atoms. The molecular formula is C15H20BrN3. The zero-order valence-electron chi connectivity index (χ0n) is 11.5. The quantitative estimate of drug-likeness (QED) is 0.909. The Bertz CT molecular complexity index is 481. The molecule has 2 rings (SSSR count). The van der Waals surface area contributed by atoms with E-state index in [0.717, 1.165) is 24.1 Å². The van der Waals surface area contributed by atoms with Crippen molar-refractivity contribution in [3.63, 3.8) is 0 Å². The van der Waals surface area contributed by atoms with Crippen LogP contribution >= 0.6 is 15.9 Å². The highest BCUT2D eigenvalue weighted by atomic mass is 79.9. The first kappa shape index (κ1) is 14.4. The first-order chi connectivity index (χ1) is 9.11. The highest BCUT2D eigenvalue weighted by Gasteiger charge is 2.25. The maximum Gasteiger partial charge on any atom is 0.0643 e. The lowest BCUT2D eigenvalue weighted by atomic mass is 10.1. The first-order valence-corrected chi connectivity index (χ1v) is 7.51. The maximum absolute atomic E-state index is 9.04. The summed E-state index contributed by atoms with van der Waals surface area (Å²) in [6.45, 7) is 7.29. The van der Waals surface area contributed by atoms with Crippen LogP contribution in [0.5, 0.6) is 0 Å². The van der Waals surface area contributed by atoms with Crippen molar-refractivity contribution < 1.29 is 0 Å². The fourth-order valence-corrected chi connectivity index (χ4v) is 3.16. The molecule has 19 heavy (non-hydrogen) atoms. The number of nitriles is 1. The molecule has 2 atom stereocenters. The summed E-state index contributed by atoms with van der Waals surface area (Å²) < 4.78 is 1.10. The van der Waals surface area contributed by atoms with Gasteiger partial charge in [0.05, 0.1) is 18.5 Å². The Balaban J connectivity index is 2.32. The molecule has 2 unspecified atom stereocenters. The van der Waals surface area contributed by atoms with Gasteiger partial charge in [0.15, 0.2) is 0 Å². The predicted molar refractivity (Wildman–Crippen MR) is 82.3 cm³/mol. The van der Waals surface area contributed by atoms with Gasteiger partial charge in [-0.1, -0.05) is 22.9 Å². The molecule has 0 aromatic heterocycles. The number of aryl methyl sites for hydroxylation is 1. The standard InChI is InChI=1S/C15H20BrN3/c1-11-8-18-9-14(5-6-17)19(10-11)15-4-3-13(16)7-12(15)2/h3-4,7,11,14,18H,5,8-10H2,1-2H3. The molecule has 3 nitrogen and oxygen atoms in total. The van der Waals surface area contributed by atoms with Crippen molar-refractivity contribution in [2.24, 2.45) is 5.92 Å². The zero-order chi connectivity index (χ0) is 13.8. The average molecular weight is 322 g/mol. The Morgan fingerprint density at radius 3 is 2.95 bits per heavy atom. The number of anilines is 1. The van der Waals surface area contributed by atoms with Crippen LogP contribution in [0.2, 0.25) is 0 Å². The minimum Gasteiger partial charge on any atom is -0.366 e. The number of rotatable bonds is 2. The van der Waals surface area contributed by atoms with Crippen molar-refractivity contribution in [1.29, 1.82) is 5.26 Å². The minimum absolute atomic E-state index is 0.259. The van der Waals surface area contributed by atoms with Crippen molar-refractivity contribution >= 4 is 21.6 Å². The molecule has 0 aliphatic carbocycles. The second-order valence-electron chi connectivity index (χ2n) is 5.36. The summed E-state index contributed by atoms with van der Waals surface area (Å²) in [6, 6.07) is 8.95. The van der Waals surface area contributed by atoms with Crippen LogP contribution in [0.4, 0.5) is 5.69 Å². The van der Waals surface area contributed by atoms with Crippen LogP contribution in [0.1, 0.15) is 18.9 Å². The number of nitrogens with zero attached hydrogens (tertiary/aromatic N) is 2. The Kier molecular flexibility index (Phi) is 4.84. The topological polar surface area (TPSA) is 39.1 Å². The van der Waals surface area contributed by atoms with Crippen LogP contribution in [0.25, 0.3) is 0 Å². The molecule has 0 spiro atoms. The van der Waals surface area contributed by atoms with E-state index in [9.17, 15) is 0 Å². The lowest BCUT2D eigenvalue weighted by Crippen LogP contribution is -2.40. The van der Waals surface area contributed by atoms with Crippen molar-refractivity contribution in [3.8, 4) is 6.07 Å². The summed E-state index contributed by atoms with van der Waals surface area (Å²) in [6.07, 6.45) is 0.565. The van der Waals surface area contributed by atoms with E-state index in [4.69, 9.17) is 5.26 Å².